The van der Waals surface area contributed by atoms with Crippen molar-refractivity contribution in [2.45, 2.75) is 33.5 Å². The fraction of sp³-hybridized carbons (Fsp3) is 0.273. The molecule has 4 nitrogen and oxygen atoms in total. The summed E-state index contributed by atoms with van der Waals surface area (Å²) < 4.78 is 17.1. The van der Waals surface area contributed by atoms with Gasteiger partial charge in [-0.15, -0.1) is 0 Å². The lowest BCUT2D eigenvalue weighted by Crippen LogP contribution is -2.12. The van der Waals surface area contributed by atoms with Crippen LogP contribution < -0.4 is 14.8 Å². The molecule has 0 radical (unpaired) electrons. The predicted octanol–water partition coefficient (Wildman–Crippen LogP) is 5.51. The Morgan fingerprint density at radius 2 is 1.81 bits per heavy atom. The molecule has 0 fully saturated rings. The second-order valence-electron chi connectivity index (χ2n) is 6.30. The van der Waals surface area contributed by atoms with Gasteiger partial charge in [0.05, 0.1) is 24.4 Å². The summed E-state index contributed by atoms with van der Waals surface area (Å²) in [4.78, 5) is 0. The molecule has 0 unspecified atom stereocenters. The molecule has 0 atom stereocenters. The first-order chi connectivity index (χ1) is 13.2. The molecular formula is C22H24ClNO3. The molecule has 0 aliphatic rings. The molecule has 1 heterocycles. The lowest BCUT2D eigenvalue weighted by molar-refractivity contribution is 0.269. The minimum absolute atomic E-state index is 0.441. The van der Waals surface area contributed by atoms with E-state index >= 15 is 0 Å². The van der Waals surface area contributed by atoms with Crippen molar-refractivity contribution in [1.29, 1.82) is 0 Å². The fourth-order valence-corrected chi connectivity index (χ4v) is 3.00. The highest BCUT2D eigenvalue weighted by molar-refractivity contribution is 6.32. The third kappa shape index (κ3) is 5.52. The van der Waals surface area contributed by atoms with Crippen molar-refractivity contribution in [2.75, 3.05) is 6.61 Å². The number of hydrogen-bond acceptors (Lipinski definition) is 4. The number of halogens is 1. The molecule has 2 aromatic carbocycles. The third-order valence-electron chi connectivity index (χ3n) is 4.08. The summed E-state index contributed by atoms with van der Waals surface area (Å²) in [6, 6.07) is 15.9. The summed E-state index contributed by atoms with van der Waals surface area (Å²) in [5, 5.41) is 3.88. The highest BCUT2D eigenvalue weighted by atomic mass is 35.5. The van der Waals surface area contributed by atoms with Crippen LogP contribution >= 0.6 is 11.6 Å². The summed E-state index contributed by atoms with van der Waals surface area (Å²) in [5.41, 5.74) is 3.33. The van der Waals surface area contributed by atoms with Crippen LogP contribution in [0.3, 0.4) is 0 Å². The largest absolute Gasteiger partial charge is 0.490 e. The minimum atomic E-state index is 0.441. The highest BCUT2D eigenvalue weighted by Gasteiger charge is 2.13. The second-order valence-corrected chi connectivity index (χ2v) is 6.70. The van der Waals surface area contributed by atoms with E-state index in [4.69, 9.17) is 25.5 Å². The summed E-state index contributed by atoms with van der Waals surface area (Å²) in [6.07, 6.45) is 1.67. The van der Waals surface area contributed by atoms with Crippen LogP contribution in [0.5, 0.6) is 11.5 Å². The Labute approximate surface area is 165 Å². The average molecular weight is 386 g/mol. The minimum Gasteiger partial charge on any atom is -0.490 e. The van der Waals surface area contributed by atoms with Crippen LogP contribution in [0.15, 0.2) is 59.2 Å². The number of rotatable bonds is 9. The Balaban J connectivity index is 1.68. The van der Waals surface area contributed by atoms with Gasteiger partial charge in [-0.25, -0.2) is 0 Å². The number of aryl methyl sites for hydroxylation is 1. The number of benzene rings is 2. The normalized spacial score (nSPS) is 10.8. The number of ether oxygens (including phenoxy) is 2. The van der Waals surface area contributed by atoms with E-state index in [0.29, 0.717) is 42.8 Å². The van der Waals surface area contributed by atoms with Crippen LogP contribution in [0.2, 0.25) is 5.02 Å². The van der Waals surface area contributed by atoms with E-state index in [2.05, 4.69) is 36.5 Å². The lowest BCUT2D eigenvalue weighted by atomic mass is 10.1. The van der Waals surface area contributed by atoms with Crippen LogP contribution in [0.25, 0.3) is 0 Å². The maximum absolute atomic E-state index is 6.49. The smallest absolute Gasteiger partial charge is 0.180 e. The van der Waals surface area contributed by atoms with Crippen LogP contribution in [0, 0.1) is 6.92 Å². The molecule has 142 valence electrons. The zero-order chi connectivity index (χ0) is 19.1. The van der Waals surface area contributed by atoms with E-state index in [1.165, 1.54) is 5.56 Å². The van der Waals surface area contributed by atoms with Crippen molar-refractivity contribution >= 4 is 11.6 Å². The SMILES string of the molecule is CCOc1cc(CNCc2ccco2)cc(Cl)c1OCc1ccc(C)cc1. The zero-order valence-electron chi connectivity index (χ0n) is 15.6. The Bertz CT molecular complexity index is 845. The summed E-state index contributed by atoms with van der Waals surface area (Å²) in [7, 11) is 0. The predicted molar refractivity (Wildman–Crippen MR) is 107 cm³/mol. The molecule has 5 heteroatoms. The quantitative estimate of drug-likeness (QED) is 0.527. The molecule has 27 heavy (non-hydrogen) atoms. The molecule has 0 saturated carbocycles. The third-order valence-corrected chi connectivity index (χ3v) is 4.36. The van der Waals surface area contributed by atoms with Gasteiger partial charge in [0.2, 0.25) is 0 Å². The van der Waals surface area contributed by atoms with Gasteiger partial charge in [-0.3, -0.25) is 0 Å². The molecule has 0 amide bonds. The fourth-order valence-electron chi connectivity index (χ4n) is 2.71. The monoisotopic (exact) mass is 385 g/mol. The van der Waals surface area contributed by atoms with Crippen molar-refractivity contribution in [3.05, 3.63) is 82.3 Å². The topological polar surface area (TPSA) is 43.6 Å². The maximum atomic E-state index is 6.49. The van der Waals surface area contributed by atoms with Gasteiger partial charge in [-0.2, -0.15) is 0 Å². The van der Waals surface area contributed by atoms with E-state index in [9.17, 15) is 0 Å². The highest BCUT2D eigenvalue weighted by Crippen LogP contribution is 2.37. The Hall–Kier alpha value is -2.43. The molecule has 0 aliphatic heterocycles. The van der Waals surface area contributed by atoms with Crippen molar-refractivity contribution in [3.8, 4) is 11.5 Å². The van der Waals surface area contributed by atoms with Gasteiger partial charge in [0.1, 0.15) is 12.4 Å². The van der Waals surface area contributed by atoms with E-state index in [0.717, 1.165) is 16.9 Å². The average Bonchev–Trinajstić information content (AvgIpc) is 3.16. The van der Waals surface area contributed by atoms with Crippen molar-refractivity contribution < 1.29 is 13.9 Å². The van der Waals surface area contributed by atoms with Gasteiger partial charge < -0.3 is 19.2 Å². The van der Waals surface area contributed by atoms with Gasteiger partial charge in [0.25, 0.3) is 0 Å². The van der Waals surface area contributed by atoms with Crippen molar-refractivity contribution in [1.82, 2.24) is 5.32 Å². The molecule has 3 aromatic rings. The Morgan fingerprint density at radius 3 is 2.52 bits per heavy atom. The molecule has 0 aliphatic carbocycles. The van der Waals surface area contributed by atoms with Gasteiger partial charge in [0, 0.05) is 6.54 Å². The van der Waals surface area contributed by atoms with Gasteiger partial charge >= 0.3 is 0 Å². The molecule has 3 rings (SSSR count). The zero-order valence-corrected chi connectivity index (χ0v) is 16.4. The Morgan fingerprint density at radius 1 is 1.00 bits per heavy atom. The van der Waals surface area contributed by atoms with Crippen LogP contribution in [0.1, 0.15) is 29.4 Å². The van der Waals surface area contributed by atoms with Crippen molar-refractivity contribution in [2.24, 2.45) is 0 Å². The lowest BCUT2D eigenvalue weighted by Gasteiger charge is -2.16. The van der Waals surface area contributed by atoms with Crippen LogP contribution in [-0.4, -0.2) is 6.61 Å². The summed E-state index contributed by atoms with van der Waals surface area (Å²) in [5.74, 6) is 2.13. The first kappa shape index (κ1) is 19.3. The Kier molecular flexibility index (Phi) is 6.80. The molecule has 0 bridgehead atoms. The number of furan rings is 1. The first-order valence-electron chi connectivity index (χ1n) is 9.02. The van der Waals surface area contributed by atoms with E-state index in [-0.39, 0.29) is 0 Å². The van der Waals surface area contributed by atoms with Crippen molar-refractivity contribution in [3.63, 3.8) is 0 Å². The number of nitrogens with one attached hydrogen (secondary N) is 1. The second kappa shape index (κ2) is 9.49. The number of hydrogen-bond donors (Lipinski definition) is 1. The van der Waals surface area contributed by atoms with E-state index in [1.807, 2.05) is 31.2 Å². The van der Waals surface area contributed by atoms with E-state index < -0.39 is 0 Å². The van der Waals surface area contributed by atoms with Gasteiger partial charge in [-0.1, -0.05) is 41.4 Å². The maximum Gasteiger partial charge on any atom is 0.180 e. The van der Waals surface area contributed by atoms with E-state index in [1.54, 1.807) is 6.26 Å². The first-order valence-corrected chi connectivity index (χ1v) is 9.40. The molecule has 1 N–H and O–H groups in total. The standard InChI is InChI=1S/C22H24ClNO3/c1-3-25-21-12-18(13-24-14-19-5-4-10-26-19)11-20(23)22(21)27-15-17-8-6-16(2)7-9-17/h4-12,24H,3,13-15H2,1-2H3. The van der Waals surface area contributed by atoms with Crippen LogP contribution in [0.4, 0.5) is 0 Å². The summed E-state index contributed by atoms with van der Waals surface area (Å²) in [6.45, 7) is 6.29. The summed E-state index contributed by atoms with van der Waals surface area (Å²) >= 11 is 6.49. The van der Waals surface area contributed by atoms with Gasteiger partial charge in [-0.05, 0) is 49.2 Å². The molecule has 0 spiro atoms. The molecule has 1 aromatic heterocycles. The molecule has 0 saturated heterocycles. The van der Waals surface area contributed by atoms with Crippen LogP contribution in [-0.2, 0) is 19.7 Å². The molecular weight excluding hydrogens is 362 g/mol. The van der Waals surface area contributed by atoms with Gasteiger partial charge in [0.15, 0.2) is 11.5 Å².